The van der Waals surface area contributed by atoms with E-state index in [2.05, 4.69) is 62.4 Å². The zero-order valence-corrected chi connectivity index (χ0v) is 16.0. The fraction of sp³-hybridized carbons (Fsp3) is 0.0455. The van der Waals surface area contributed by atoms with E-state index in [1.54, 1.807) is 6.21 Å². The minimum absolute atomic E-state index is 0.751. The number of fused-ring (bicyclic) bond motifs is 3. The number of thiazole rings is 1. The minimum atomic E-state index is 0.751. The lowest BCUT2D eigenvalue weighted by molar-refractivity contribution is 1.01. The number of para-hydroxylation sites is 1. The van der Waals surface area contributed by atoms with Gasteiger partial charge in [-0.15, -0.1) is 11.3 Å². The van der Waals surface area contributed by atoms with Crippen LogP contribution in [0.15, 0.2) is 77.3 Å². The third-order valence-corrected chi connectivity index (χ3v) is 5.50. The Morgan fingerprint density at radius 3 is 2.71 bits per heavy atom. The van der Waals surface area contributed by atoms with E-state index < -0.39 is 0 Å². The Bertz CT molecular complexity index is 1300. The molecule has 0 amide bonds. The van der Waals surface area contributed by atoms with Gasteiger partial charge in [0, 0.05) is 34.3 Å². The topological polar surface area (TPSA) is 55.1 Å². The average Bonchev–Trinajstić information content (AvgIpc) is 3.33. The highest BCUT2D eigenvalue weighted by Crippen LogP contribution is 2.27. The summed E-state index contributed by atoms with van der Waals surface area (Å²) in [6.07, 6.45) is 3.62. The third-order valence-electron chi connectivity index (χ3n) is 4.75. The van der Waals surface area contributed by atoms with E-state index in [1.165, 1.54) is 27.6 Å². The summed E-state index contributed by atoms with van der Waals surface area (Å²) in [6, 6.07) is 20.6. The van der Waals surface area contributed by atoms with Crippen LogP contribution >= 0.6 is 11.3 Å². The third kappa shape index (κ3) is 2.93. The Balaban J connectivity index is 1.39. The molecule has 2 aromatic carbocycles. The molecule has 6 heteroatoms. The first-order valence-electron chi connectivity index (χ1n) is 8.93. The van der Waals surface area contributed by atoms with Crippen LogP contribution < -0.4 is 5.43 Å². The van der Waals surface area contributed by atoms with Crippen LogP contribution in [0.1, 0.15) is 5.69 Å². The zero-order valence-electron chi connectivity index (χ0n) is 15.2. The summed E-state index contributed by atoms with van der Waals surface area (Å²) >= 11 is 1.53. The molecule has 0 aliphatic carbocycles. The molecule has 5 aromatic rings. The molecule has 0 spiro atoms. The standard InChI is InChI=1S/C22H17N5S/c1-27-20-10-6-5-9-17(20)18-11-16(23-13-21(18)27)12-24-26-22-25-19(14-28-22)15-7-3-2-4-8-15/h2-14H,1H3,(H,25,26)/b24-12+. The van der Waals surface area contributed by atoms with E-state index in [1.807, 2.05) is 41.9 Å². The highest BCUT2D eigenvalue weighted by atomic mass is 32.1. The monoisotopic (exact) mass is 383 g/mol. The van der Waals surface area contributed by atoms with Gasteiger partial charge in [-0.3, -0.25) is 10.4 Å². The van der Waals surface area contributed by atoms with Crippen LogP contribution in [0, 0.1) is 0 Å². The molecule has 0 atom stereocenters. The molecule has 0 fully saturated rings. The maximum Gasteiger partial charge on any atom is 0.203 e. The lowest BCUT2D eigenvalue weighted by Gasteiger charge is -1.98. The van der Waals surface area contributed by atoms with Gasteiger partial charge in [0.15, 0.2) is 0 Å². The number of aryl methyl sites for hydroxylation is 1. The second kappa shape index (κ2) is 6.90. The van der Waals surface area contributed by atoms with E-state index in [0.29, 0.717) is 0 Å². The Morgan fingerprint density at radius 2 is 1.82 bits per heavy atom. The molecule has 0 radical (unpaired) electrons. The maximum atomic E-state index is 4.58. The number of anilines is 1. The van der Waals surface area contributed by atoms with E-state index in [0.717, 1.165) is 27.6 Å². The van der Waals surface area contributed by atoms with Gasteiger partial charge in [0.05, 0.1) is 29.3 Å². The Kier molecular flexibility index (Phi) is 4.10. The molecule has 0 unspecified atom stereocenters. The Hall–Kier alpha value is -3.51. The average molecular weight is 383 g/mol. The van der Waals surface area contributed by atoms with Crippen molar-refractivity contribution in [2.45, 2.75) is 0 Å². The minimum Gasteiger partial charge on any atom is -0.342 e. The predicted molar refractivity (Wildman–Crippen MR) is 117 cm³/mol. The molecule has 0 bridgehead atoms. The van der Waals surface area contributed by atoms with Gasteiger partial charge in [-0.25, -0.2) is 4.98 Å². The van der Waals surface area contributed by atoms with Crippen LogP contribution in [-0.2, 0) is 7.05 Å². The molecular formula is C22H17N5S. The van der Waals surface area contributed by atoms with Gasteiger partial charge in [-0.2, -0.15) is 5.10 Å². The largest absolute Gasteiger partial charge is 0.342 e. The first kappa shape index (κ1) is 16.6. The molecule has 3 heterocycles. The number of nitrogens with one attached hydrogen (secondary N) is 1. The molecule has 1 N–H and O–H groups in total. The number of hydrogen-bond acceptors (Lipinski definition) is 5. The second-order valence-corrected chi connectivity index (χ2v) is 7.33. The highest BCUT2D eigenvalue weighted by Gasteiger charge is 2.08. The fourth-order valence-electron chi connectivity index (χ4n) is 3.36. The number of rotatable bonds is 4. The first-order valence-corrected chi connectivity index (χ1v) is 9.81. The Morgan fingerprint density at radius 1 is 1.00 bits per heavy atom. The van der Waals surface area contributed by atoms with Crippen LogP contribution in [0.5, 0.6) is 0 Å². The lowest BCUT2D eigenvalue weighted by atomic mass is 10.2. The fourth-order valence-corrected chi connectivity index (χ4v) is 4.03. The molecule has 5 rings (SSSR count). The first-order chi connectivity index (χ1) is 13.8. The molecule has 28 heavy (non-hydrogen) atoms. The molecule has 5 nitrogen and oxygen atoms in total. The number of benzene rings is 2. The summed E-state index contributed by atoms with van der Waals surface area (Å²) in [5.74, 6) is 0. The molecule has 0 saturated heterocycles. The molecule has 0 aliphatic heterocycles. The van der Waals surface area contributed by atoms with Crippen LogP contribution in [0.25, 0.3) is 33.1 Å². The van der Waals surface area contributed by atoms with E-state index in [9.17, 15) is 0 Å². The van der Waals surface area contributed by atoms with Crippen LogP contribution in [0.4, 0.5) is 5.13 Å². The summed E-state index contributed by atoms with van der Waals surface area (Å²) in [5, 5.41) is 9.48. The summed E-state index contributed by atoms with van der Waals surface area (Å²) in [5.41, 5.74) is 8.15. The van der Waals surface area contributed by atoms with Crippen LogP contribution in [0.2, 0.25) is 0 Å². The normalized spacial score (nSPS) is 11.6. The quantitative estimate of drug-likeness (QED) is 0.339. The number of aromatic nitrogens is 3. The van der Waals surface area contributed by atoms with Crippen LogP contribution in [-0.4, -0.2) is 20.7 Å². The maximum absolute atomic E-state index is 4.58. The van der Waals surface area contributed by atoms with Crippen molar-refractivity contribution < 1.29 is 0 Å². The van der Waals surface area contributed by atoms with Gasteiger partial charge in [0.1, 0.15) is 0 Å². The van der Waals surface area contributed by atoms with E-state index in [4.69, 9.17) is 0 Å². The predicted octanol–water partition coefficient (Wildman–Crippen LogP) is 5.30. The smallest absolute Gasteiger partial charge is 0.203 e. The van der Waals surface area contributed by atoms with Crippen molar-refractivity contribution in [3.8, 4) is 11.3 Å². The van der Waals surface area contributed by atoms with E-state index in [-0.39, 0.29) is 0 Å². The number of hydrazone groups is 1. The van der Waals surface area contributed by atoms with Gasteiger partial charge in [0.2, 0.25) is 5.13 Å². The van der Waals surface area contributed by atoms with Gasteiger partial charge < -0.3 is 4.57 Å². The summed E-state index contributed by atoms with van der Waals surface area (Å²) in [7, 11) is 2.06. The SMILES string of the molecule is Cn1c2ccccc2c2cc(/C=N/Nc3nc(-c4ccccc4)cs3)ncc21. The number of pyridine rings is 1. The van der Waals surface area contributed by atoms with Crippen molar-refractivity contribution in [2.75, 3.05) is 5.43 Å². The zero-order chi connectivity index (χ0) is 18.9. The van der Waals surface area contributed by atoms with Crippen molar-refractivity contribution in [2.24, 2.45) is 12.1 Å². The van der Waals surface area contributed by atoms with Crippen molar-refractivity contribution in [1.29, 1.82) is 0 Å². The van der Waals surface area contributed by atoms with Crippen molar-refractivity contribution in [3.05, 3.63) is 77.9 Å². The van der Waals surface area contributed by atoms with Crippen LogP contribution in [0.3, 0.4) is 0 Å². The lowest BCUT2D eigenvalue weighted by Crippen LogP contribution is -1.93. The second-order valence-electron chi connectivity index (χ2n) is 6.48. The van der Waals surface area contributed by atoms with Crippen molar-refractivity contribution in [1.82, 2.24) is 14.5 Å². The van der Waals surface area contributed by atoms with Gasteiger partial charge in [-0.05, 0) is 12.1 Å². The highest BCUT2D eigenvalue weighted by molar-refractivity contribution is 7.14. The Labute approximate surface area is 166 Å². The van der Waals surface area contributed by atoms with Gasteiger partial charge in [0.25, 0.3) is 0 Å². The van der Waals surface area contributed by atoms with Crippen molar-refractivity contribution in [3.63, 3.8) is 0 Å². The van der Waals surface area contributed by atoms with Gasteiger partial charge in [-0.1, -0.05) is 48.5 Å². The molecule has 136 valence electrons. The summed E-state index contributed by atoms with van der Waals surface area (Å²) in [4.78, 5) is 9.10. The summed E-state index contributed by atoms with van der Waals surface area (Å²) in [6.45, 7) is 0. The molecule has 3 aromatic heterocycles. The van der Waals surface area contributed by atoms with E-state index >= 15 is 0 Å². The number of nitrogens with zero attached hydrogens (tertiary/aromatic N) is 4. The van der Waals surface area contributed by atoms with Crippen molar-refractivity contribution >= 4 is 44.5 Å². The summed E-state index contributed by atoms with van der Waals surface area (Å²) < 4.78 is 2.16. The number of hydrogen-bond donors (Lipinski definition) is 1. The molecule has 0 saturated carbocycles. The molecule has 0 aliphatic rings. The molecular weight excluding hydrogens is 366 g/mol. The van der Waals surface area contributed by atoms with Gasteiger partial charge >= 0.3 is 0 Å².